The third kappa shape index (κ3) is 5.30. The number of carbonyl (C=O) groups excluding carboxylic acids is 1. The van der Waals surface area contributed by atoms with Gasteiger partial charge in [-0.15, -0.1) is 0 Å². The van der Waals surface area contributed by atoms with Crippen LogP contribution in [0.25, 0.3) is 0 Å². The molecule has 1 rings (SSSR count). The zero-order valence-corrected chi connectivity index (χ0v) is 12.4. The van der Waals surface area contributed by atoms with Crippen LogP contribution < -0.4 is 0 Å². The molecule has 1 fully saturated rings. The van der Waals surface area contributed by atoms with Crippen LogP contribution in [0.2, 0.25) is 0 Å². The van der Waals surface area contributed by atoms with Gasteiger partial charge in [0.15, 0.2) is 0 Å². The van der Waals surface area contributed by atoms with Crippen molar-refractivity contribution >= 4 is 16.0 Å². The summed E-state index contributed by atoms with van der Waals surface area (Å²) in [5, 5.41) is 0. The number of carbonyl (C=O) groups is 1. The maximum Gasteiger partial charge on any atom is 0.249 e. The first-order valence-corrected chi connectivity index (χ1v) is 7.93. The van der Waals surface area contributed by atoms with Crippen LogP contribution in [0.3, 0.4) is 0 Å². The van der Waals surface area contributed by atoms with E-state index in [9.17, 15) is 17.8 Å². The molecule has 7 heteroatoms. The molecule has 0 saturated carbocycles. The van der Waals surface area contributed by atoms with E-state index in [4.69, 9.17) is 0 Å². The van der Waals surface area contributed by atoms with Crippen molar-refractivity contribution in [3.63, 3.8) is 0 Å². The van der Waals surface area contributed by atoms with Gasteiger partial charge in [-0.2, -0.15) is 0 Å². The normalized spacial score (nSPS) is 19.2. The van der Waals surface area contributed by atoms with Crippen LogP contribution >= 0.6 is 0 Å². The van der Waals surface area contributed by atoms with E-state index < -0.39 is 10.1 Å². The Labute approximate surface area is 115 Å². The lowest BCUT2D eigenvalue weighted by molar-refractivity contribution is -0.913. The number of likely N-dealkylation sites (N-methyl/N-ethyl adjacent to an activating group) is 1. The highest BCUT2D eigenvalue weighted by molar-refractivity contribution is 7.85. The number of amides is 1. The van der Waals surface area contributed by atoms with Gasteiger partial charge in [0.2, 0.25) is 5.91 Å². The maximum atomic E-state index is 11.8. The molecule has 0 atom stereocenters. The van der Waals surface area contributed by atoms with Gasteiger partial charge in [0, 0.05) is 17.7 Å². The van der Waals surface area contributed by atoms with Gasteiger partial charge in [0.05, 0.1) is 49.9 Å². The number of piperazine rings is 1. The van der Waals surface area contributed by atoms with Gasteiger partial charge in [-0.3, -0.25) is 4.79 Å². The van der Waals surface area contributed by atoms with Gasteiger partial charge in [0.25, 0.3) is 0 Å². The summed E-state index contributed by atoms with van der Waals surface area (Å²) in [5.74, 6) is -0.330. The summed E-state index contributed by atoms with van der Waals surface area (Å²) in [6.07, 6.45) is 0.372. The summed E-state index contributed by atoms with van der Waals surface area (Å²) in [6, 6.07) is 0. The molecule has 19 heavy (non-hydrogen) atoms. The minimum absolute atomic E-state index is 0.0200. The van der Waals surface area contributed by atoms with Crippen LogP contribution in [0, 0.1) is 0 Å². The van der Waals surface area contributed by atoms with Crippen molar-refractivity contribution < 1.29 is 22.2 Å². The fraction of sp³-hybridized carbons (Fsp3) is 0.750. The molecule has 0 unspecified atom stereocenters. The maximum absolute atomic E-state index is 11.8. The zero-order chi connectivity index (χ0) is 14.7. The van der Waals surface area contributed by atoms with Gasteiger partial charge in [-0.05, 0) is 6.92 Å². The molecule has 0 N–H and O–H groups in total. The van der Waals surface area contributed by atoms with Crippen LogP contribution in [0.5, 0.6) is 0 Å². The highest BCUT2D eigenvalue weighted by Gasteiger charge is 2.30. The Morgan fingerprint density at radius 1 is 1.37 bits per heavy atom. The Morgan fingerprint density at radius 3 is 2.32 bits per heavy atom. The number of hydrogen-bond acceptors (Lipinski definition) is 4. The standard InChI is InChI=1S/C12H22N2O4S/c1-11(2)12(15)13-5-8-14(3,9-6-13)7-4-10-19(16,17)18/h1,4-10H2,2-3H3. The molecule has 0 spiro atoms. The van der Waals surface area contributed by atoms with Crippen molar-refractivity contribution in [3.8, 4) is 0 Å². The molecule has 1 amide bonds. The lowest BCUT2D eigenvalue weighted by atomic mass is 10.2. The van der Waals surface area contributed by atoms with Crippen molar-refractivity contribution in [1.82, 2.24) is 4.90 Å². The molecule has 0 radical (unpaired) electrons. The van der Waals surface area contributed by atoms with E-state index >= 15 is 0 Å². The predicted octanol–water partition coefficient (Wildman–Crippen LogP) is -0.213. The van der Waals surface area contributed by atoms with E-state index in [0.29, 0.717) is 36.1 Å². The summed E-state index contributed by atoms with van der Waals surface area (Å²) in [4.78, 5) is 13.5. The molecule has 0 aliphatic carbocycles. The second-order valence-electron chi connectivity index (χ2n) is 5.48. The van der Waals surface area contributed by atoms with Crippen molar-refractivity contribution in [3.05, 3.63) is 12.2 Å². The van der Waals surface area contributed by atoms with Crippen LogP contribution in [-0.4, -0.2) is 73.8 Å². The Hall–Kier alpha value is -0.920. The molecule has 1 aliphatic heterocycles. The highest BCUT2D eigenvalue weighted by atomic mass is 32.2. The van der Waals surface area contributed by atoms with Crippen LogP contribution in [-0.2, 0) is 14.9 Å². The number of rotatable bonds is 5. The van der Waals surface area contributed by atoms with Crippen molar-refractivity contribution in [2.24, 2.45) is 0 Å². The minimum atomic E-state index is -4.12. The Balaban J connectivity index is 2.43. The van der Waals surface area contributed by atoms with Crippen LogP contribution in [0.15, 0.2) is 12.2 Å². The largest absolute Gasteiger partial charge is 0.748 e. The van der Waals surface area contributed by atoms with Crippen molar-refractivity contribution in [1.29, 1.82) is 0 Å². The van der Waals surface area contributed by atoms with Gasteiger partial charge >= 0.3 is 0 Å². The highest BCUT2D eigenvalue weighted by Crippen LogP contribution is 2.13. The minimum Gasteiger partial charge on any atom is -0.748 e. The monoisotopic (exact) mass is 290 g/mol. The second-order valence-corrected chi connectivity index (χ2v) is 7.00. The lowest BCUT2D eigenvalue weighted by Gasteiger charge is -2.42. The van der Waals surface area contributed by atoms with Gasteiger partial charge in [-0.25, -0.2) is 8.42 Å². The molecule has 0 aromatic carbocycles. The van der Waals surface area contributed by atoms with E-state index in [-0.39, 0.29) is 11.7 Å². The molecule has 6 nitrogen and oxygen atoms in total. The third-order valence-electron chi connectivity index (χ3n) is 3.56. The van der Waals surface area contributed by atoms with E-state index in [1.54, 1.807) is 11.8 Å². The fourth-order valence-corrected chi connectivity index (χ4v) is 2.75. The number of hydrogen-bond donors (Lipinski definition) is 0. The molecule has 1 saturated heterocycles. The van der Waals surface area contributed by atoms with Crippen molar-refractivity contribution in [2.45, 2.75) is 13.3 Å². The zero-order valence-electron chi connectivity index (χ0n) is 11.6. The summed E-state index contributed by atoms with van der Waals surface area (Å²) in [6.45, 7) is 8.84. The first-order chi connectivity index (χ1) is 8.63. The lowest BCUT2D eigenvalue weighted by Crippen LogP contribution is -2.58. The van der Waals surface area contributed by atoms with E-state index in [1.165, 1.54) is 0 Å². The Bertz CT molecular complexity index is 450. The molecule has 110 valence electrons. The quantitative estimate of drug-likeness (QED) is 0.399. The molecule has 0 bridgehead atoms. The van der Waals surface area contributed by atoms with Crippen LogP contribution in [0.4, 0.5) is 0 Å². The molecule has 1 heterocycles. The van der Waals surface area contributed by atoms with E-state index in [2.05, 4.69) is 6.58 Å². The summed E-state index contributed by atoms with van der Waals surface area (Å²) in [7, 11) is -2.10. The SMILES string of the molecule is C=C(C)C(=O)N1CC[N+](C)(CCCS(=O)(=O)[O-])CC1. The molecule has 1 aliphatic rings. The van der Waals surface area contributed by atoms with E-state index in [0.717, 1.165) is 13.1 Å². The molecular formula is C12H22N2O4S. The summed E-state index contributed by atoms with van der Waals surface area (Å²) >= 11 is 0. The van der Waals surface area contributed by atoms with Crippen LogP contribution in [0.1, 0.15) is 13.3 Å². The fourth-order valence-electron chi connectivity index (χ4n) is 2.27. The average molecular weight is 290 g/mol. The summed E-state index contributed by atoms with van der Waals surface area (Å²) < 4.78 is 32.4. The Kier molecular flexibility index (Phi) is 5.11. The second kappa shape index (κ2) is 6.02. The topological polar surface area (TPSA) is 77.5 Å². The smallest absolute Gasteiger partial charge is 0.249 e. The van der Waals surface area contributed by atoms with Crippen molar-refractivity contribution in [2.75, 3.05) is 45.5 Å². The third-order valence-corrected chi connectivity index (χ3v) is 4.35. The first kappa shape index (κ1) is 16.1. The molecular weight excluding hydrogens is 268 g/mol. The Morgan fingerprint density at radius 2 is 1.89 bits per heavy atom. The number of nitrogens with zero attached hydrogens (tertiary/aromatic N) is 2. The summed E-state index contributed by atoms with van der Waals surface area (Å²) in [5.41, 5.74) is 0.536. The van der Waals surface area contributed by atoms with Gasteiger partial charge < -0.3 is 13.9 Å². The average Bonchev–Trinajstić information content (AvgIpc) is 2.27. The first-order valence-electron chi connectivity index (χ1n) is 6.35. The van der Waals surface area contributed by atoms with Gasteiger partial charge in [0.1, 0.15) is 0 Å². The molecule has 0 aromatic rings. The number of quaternary nitrogens is 1. The molecule has 0 aromatic heterocycles. The van der Waals surface area contributed by atoms with E-state index in [1.807, 2.05) is 7.05 Å². The van der Waals surface area contributed by atoms with Gasteiger partial charge in [-0.1, -0.05) is 6.58 Å². The predicted molar refractivity (Wildman–Crippen MR) is 71.4 cm³/mol.